The Labute approximate surface area is 185 Å². The second-order valence-electron chi connectivity index (χ2n) is 7.90. The highest BCUT2D eigenvalue weighted by atomic mass is 35.5. The van der Waals surface area contributed by atoms with Gasteiger partial charge in [-0.3, -0.25) is 4.79 Å². The average molecular weight is 474 g/mol. The van der Waals surface area contributed by atoms with Crippen molar-refractivity contribution in [1.29, 1.82) is 0 Å². The van der Waals surface area contributed by atoms with Crippen LogP contribution in [-0.2, 0) is 4.79 Å². The minimum Gasteiger partial charge on any atom is -0.509 e. The van der Waals surface area contributed by atoms with E-state index in [1.165, 1.54) is 24.3 Å². The molecule has 1 heterocycles. The quantitative estimate of drug-likeness (QED) is 0.477. The zero-order chi connectivity index (χ0) is 22.6. The third kappa shape index (κ3) is 3.89. The van der Waals surface area contributed by atoms with E-state index in [-0.39, 0.29) is 52.6 Å². The van der Waals surface area contributed by atoms with Gasteiger partial charge in [-0.25, -0.2) is 4.39 Å². The molecule has 0 unspecified atom stereocenters. The van der Waals surface area contributed by atoms with Gasteiger partial charge in [-0.15, -0.1) is 0 Å². The van der Waals surface area contributed by atoms with E-state index < -0.39 is 29.4 Å². The number of benzene rings is 2. The van der Waals surface area contributed by atoms with Crippen LogP contribution in [0.25, 0.3) is 16.7 Å². The van der Waals surface area contributed by atoms with E-state index in [0.717, 1.165) is 0 Å². The van der Waals surface area contributed by atoms with E-state index in [0.29, 0.717) is 11.1 Å². The van der Waals surface area contributed by atoms with Crippen molar-refractivity contribution in [3.63, 3.8) is 0 Å². The Kier molecular flexibility index (Phi) is 5.46. The van der Waals surface area contributed by atoms with Gasteiger partial charge in [0, 0.05) is 10.6 Å². The topological polar surface area (TPSA) is 49.3 Å². The highest BCUT2D eigenvalue weighted by Gasteiger charge is 2.52. The average Bonchev–Trinajstić information content (AvgIpc) is 2.94. The molecular formula is C22H17Cl2F4NO2. The van der Waals surface area contributed by atoms with Crippen molar-refractivity contribution in [2.45, 2.75) is 37.4 Å². The molecule has 0 aromatic heterocycles. The number of carbonyl (C=O) groups excluding carboxylic acids is 1. The van der Waals surface area contributed by atoms with Crippen LogP contribution in [-0.4, -0.2) is 22.7 Å². The van der Waals surface area contributed by atoms with Gasteiger partial charge >= 0.3 is 6.18 Å². The Bertz CT molecular complexity index is 1090. The summed E-state index contributed by atoms with van der Waals surface area (Å²) in [4.78, 5) is 12.7. The van der Waals surface area contributed by atoms with Crippen LogP contribution in [0.2, 0.25) is 10.0 Å². The highest BCUT2D eigenvalue weighted by molar-refractivity contribution is 6.36. The van der Waals surface area contributed by atoms with Gasteiger partial charge < -0.3 is 10.4 Å². The lowest BCUT2D eigenvalue weighted by molar-refractivity contribution is -0.184. The summed E-state index contributed by atoms with van der Waals surface area (Å²) in [5.41, 5.74) is -0.0746. The second-order valence-corrected chi connectivity index (χ2v) is 8.71. The van der Waals surface area contributed by atoms with Crippen LogP contribution in [0, 0.1) is 11.7 Å². The van der Waals surface area contributed by atoms with Gasteiger partial charge in [-0.05, 0) is 61.1 Å². The molecule has 2 aliphatic rings. The maximum absolute atomic E-state index is 13.9. The largest absolute Gasteiger partial charge is 0.509 e. The Morgan fingerprint density at radius 3 is 2.16 bits per heavy atom. The number of hydrogen-bond donors (Lipinski definition) is 2. The Hall–Kier alpha value is -2.25. The number of aliphatic hydroxyl groups is 1. The first-order valence-electron chi connectivity index (χ1n) is 9.60. The zero-order valence-electron chi connectivity index (χ0n) is 16.0. The summed E-state index contributed by atoms with van der Waals surface area (Å²) in [5.74, 6) is -2.99. The predicted molar refractivity (Wildman–Crippen MR) is 110 cm³/mol. The molecule has 0 atom stereocenters. The molecule has 0 radical (unpaired) electrons. The van der Waals surface area contributed by atoms with Crippen molar-refractivity contribution < 1.29 is 27.5 Å². The van der Waals surface area contributed by atoms with Gasteiger partial charge in [0.25, 0.3) is 5.91 Å². The van der Waals surface area contributed by atoms with E-state index in [1.807, 2.05) is 0 Å². The van der Waals surface area contributed by atoms with E-state index in [1.54, 1.807) is 12.1 Å². The first-order valence-corrected chi connectivity index (χ1v) is 10.4. The van der Waals surface area contributed by atoms with E-state index in [4.69, 9.17) is 23.2 Å². The number of hydrogen-bond acceptors (Lipinski definition) is 2. The normalized spacial score (nSPS) is 24.1. The van der Waals surface area contributed by atoms with Crippen LogP contribution in [0.5, 0.6) is 0 Å². The molecule has 3 nitrogen and oxygen atoms in total. The number of amides is 1. The predicted octanol–water partition coefficient (Wildman–Crippen LogP) is 6.69. The molecule has 1 spiro atoms. The molecule has 164 valence electrons. The number of rotatable bonds is 2. The fourth-order valence-electron chi connectivity index (χ4n) is 4.31. The monoisotopic (exact) mass is 473 g/mol. The fraction of sp³-hybridized carbons (Fsp3) is 0.318. The van der Waals surface area contributed by atoms with Crippen LogP contribution in [0.15, 0.2) is 42.2 Å². The summed E-state index contributed by atoms with van der Waals surface area (Å²) in [6, 6.07) is 8.91. The maximum atomic E-state index is 13.9. The van der Waals surface area contributed by atoms with Crippen LogP contribution >= 0.6 is 23.2 Å². The molecule has 2 N–H and O–H groups in total. The summed E-state index contributed by atoms with van der Waals surface area (Å²) >= 11 is 12.0. The molecule has 1 saturated carbocycles. The van der Waals surface area contributed by atoms with Crippen LogP contribution in [0.1, 0.15) is 31.2 Å². The second kappa shape index (κ2) is 7.71. The van der Waals surface area contributed by atoms with Gasteiger partial charge in [-0.2, -0.15) is 13.2 Å². The molecule has 0 saturated heterocycles. The number of halogens is 6. The molecule has 4 rings (SSSR count). The molecule has 1 aliphatic heterocycles. The highest BCUT2D eigenvalue weighted by Crippen LogP contribution is 2.47. The van der Waals surface area contributed by atoms with E-state index in [2.05, 4.69) is 5.32 Å². The number of aliphatic hydroxyl groups excluding tert-OH is 1. The van der Waals surface area contributed by atoms with Gasteiger partial charge in [0.2, 0.25) is 0 Å². The first-order chi connectivity index (χ1) is 14.5. The molecule has 1 fully saturated rings. The maximum Gasteiger partial charge on any atom is 0.391 e. The van der Waals surface area contributed by atoms with Crippen molar-refractivity contribution in [3.8, 4) is 11.1 Å². The van der Waals surface area contributed by atoms with Gasteiger partial charge in [0.15, 0.2) is 0 Å². The third-order valence-electron chi connectivity index (χ3n) is 6.06. The van der Waals surface area contributed by atoms with Crippen molar-refractivity contribution in [2.75, 3.05) is 0 Å². The lowest BCUT2D eigenvalue weighted by atomic mass is 9.75. The van der Waals surface area contributed by atoms with Crippen LogP contribution < -0.4 is 5.32 Å². The summed E-state index contributed by atoms with van der Waals surface area (Å²) < 4.78 is 53.0. The molecule has 31 heavy (non-hydrogen) atoms. The Balaban J connectivity index is 1.72. The lowest BCUT2D eigenvalue weighted by Crippen LogP contribution is -2.48. The Morgan fingerprint density at radius 1 is 1.00 bits per heavy atom. The number of alkyl halides is 3. The SMILES string of the molecule is O=C1N[C@]2(CC[C@H](C(F)(F)F)CC2)C(O)=C1c1cc(-c2ccc(Cl)c(F)c2)ccc1Cl. The molecule has 0 bridgehead atoms. The van der Waals surface area contributed by atoms with Gasteiger partial charge in [-0.1, -0.05) is 35.3 Å². The summed E-state index contributed by atoms with van der Waals surface area (Å²) in [6.45, 7) is 0. The van der Waals surface area contributed by atoms with E-state index in [9.17, 15) is 27.5 Å². The lowest BCUT2D eigenvalue weighted by Gasteiger charge is -2.37. The molecule has 9 heteroatoms. The van der Waals surface area contributed by atoms with Gasteiger partial charge in [0.05, 0.1) is 22.1 Å². The molecule has 2 aromatic carbocycles. The van der Waals surface area contributed by atoms with E-state index >= 15 is 0 Å². The smallest absolute Gasteiger partial charge is 0.391 e. The fourth-order valence-corrected chi connectivity index (χ4v) is 4.64. The minimum atomic E-state index is -4.31. The number of carbonyl (C=O) groups is 1. The van der Waals surface area contributed by atoms with Crippen molar-refractivity contribution >= 4 is 34.7 Å². The third-order valence-corrected chi connectivity index (χ3v) is 6.70. The minimum absolute atomic E-state index is 0.0298. The molecule has 1 amide bonds. The van der Waals surface area contributed by atoms with Crippen molar-refractivity contribution in [3.05, 3.63) is 63.6 Å². The Morgan fingerprint density at radius 2 is 1.58 bits per heavy atom. The van der Waals surface area contributed by atoms with Crippen LogP contribution in [0.3, 0.4) is 0 Å². The van der Waals surface area contributed by atoms with Crippen molar-refractivity contribution in [2.24, 2.45) is 5.92 Å². The van der Waals surface area contributed by atoms with Gasteiger partial charge in [0.1, 0.15) is 11.6 Å². The standard InChI is InChI=1S/C22H17Cl2F4NO2/c23-15-3-1-11(12-2-4-16(24)17(25)10-12)9-14(15)18-19(30)21(29-20(18)31)7-5-13(6-8-21)22(26,27)28/h1-4,9-10,13,30H,5-8H2,(H,29,31)/t13-,21-. The molecular weight excluding hydrogens is 457 g/mol. The molecule has 2 aromatic rings. The summed E-state index contributed by atoms with van der Waals surface area (Å²) in [7, 11) is 0. The van der Waals surface area contributed by atoms with Crippen LogP contribution in [0.4, 0.5) is 17.6 Å². The molecule has 1 aliphatic carbocycles. The summed E-state index contributed by atoms with van der Waals surface area (Å²) in [5, 5.41) is 13.7. The van der Waals surface area contributed by atoms with Crippen molar-refractivity contribution in [1.82, 2.24) is 5.32 Å². The summed E-state index contributed by atoms with van der Waals surface area (Å²) in [6.07, 6.45) is -4.76. The number of nitrogens with one attached hydrogen (secondary N) is 1. The first kappa shape index (κ1) is 22.0. The zero-order valence-corrected chi connectivity index (χ0v) is 17.5.